The number of anilines is 1. The molecule has 174 valence electrons. The number of imidazole rings is 1. The highest BCUT2D eigenvalue weighted by atomic mass is 32.2. The molecule has 4 aromatic rings. The van der Waals surface area contributed by atoms with Crippen molar-refractivity contribution in [2.75, 3.05) is 17.8 Å². The lowest BCUT2D eigenvalue weighted by Gasteiger charge is -2.32. The molecule has 9 nitrogen and oxygen atoms in total. The Labute approximate surface area is 196 Å². The molecule has 0 radical (unpaired) electrons. The fourth-order valence-electron chi connectivity index (χ4n) is 4.36. The monoisotopic (exact) mass is 477 g/mol. The lowest BCUT2D eigenvalue weighted by Crippen LogP contribution is -2.40. The molecule has 2 aromatic carbocycles. The first-order chi connectivity index (χ1) is 16.4. The second-order valence-electron chi connectivity index (χ2n) is 8.21. The van der Waals surface area contributed by atoms with Crippen LogP contribution in [0.3, 0.4) is 0 Å². The van der Waals surface area contributed by atoms with Gasteiger partial charge in [0.05, 0.1) is 21.6 Å². The summed E-state index contributed by atoms with van der Waals surface area (Å²) in [4.78, 5) is 34.0. The Morgan fingerprint density at radius 3 is 2.35 bits per heavy atom. The number of H-pyrrole nitrogens is 1. The van der Waals surface area contributed by atoms with Gasteiger partial charge in [0.15, 0.2) is 0 Å². The number of aromatic amines is 1. The highest BCUT2D eigenvalue weighted by Gasteiger charge is 2.27. The smallest absolute Gasteiger partial charge is 0.326 e. The first-order valence-electron chi connectivity index (χ1n) is 10.9. The zero-order valence-corrected chi connectivity index (χ0v) is 19.0. The van der Waals surface area contributed by atoms with Crippen LogP contribution in [-0.2, 0) is 10.0 Å². The number of aromatic nitrogens is 3. The molecule has 0 spiro atoms. The fraction of sp³-hybridized carbons (Fsp3) is 0.208. The molecule has 3 heterocycles. The van der Waals surface area contributed by atoms with Crippen molar-refractivity contribution in [1.82, 2.24) is 19.4 Å². The van der Waals surface area contributed by atoms with Gasteiger partial charge in [-0.2, -0.15) is 0 Å². The summed E-state index contributed by atoms with van der Waals surface area (Å²) in [6.07, 6.45) is 4.32. The molecule has 0 unspecified atom stereocenters. The molecule has 0 aliphatic carbocycles. The third-order valence-electron chi connectivity index (χ3n) is 6.08. The second-order valence-corrected chi connectivity index (χ2v) is 9.89. The van der Waals surface area contributed by atoms with Gasteiger partial charge < -0.3 is 9.88 Å². The van der Waals surface area contributed by atoms with Crippen molar-refractivity contribution in [2.45, 2.75) is 23.8 Å². The molecule has 1 amide bonds. The number of carbonyl (C=O) groups excluding carboxylic acids is 1. The van der Waals surface area contributed by atoms with Gasteiger partial charge in [-0.1, -0.05) is 12.1 Å². The van der Waals surface area contributed by atoms with Crippen molar-refractivity contribution in [3.63, 3.8) is 0 Å². The van der Waals surface area contributed by atoms with E-state index in [-0.39, 0.29) is 22.5 Å². The number of fused-ring (bicyclic) bond motifs is 1. The maximum Gasteiger partial charge on any atom is 0.326 e. The van der Waals surface area contributed by atoms with Gasteiger partial charge in [0.25, 0.3) is 15.9 Å². The first kappa shape index (κ1) is 21.9. The van der Waals surface area contributed by atoms with E-state index in [0.717, 1.165) is 11.0 Å². The number of carbonyl (C=O) groups is 1. The predicted octanol–water partition coefficient (Wildman–Crippen LogP) is 3.00. The van der Waals surface area contributed by atoms with Crippen LogP contribution in [-0.4, -0.2) is 46.8 Å². The number of likely N-dealkylation sites (tertiary alicyclic amines) is 1. The van der Waals surface area contributed by atoms with Crippen LogP contribution in [0.15, 0.2) is 82.7 Å². The highest BCUT2D eigenvalue weighted by Crippen LogP contribution is 2.26. The van der Waals surface area contributed by atoms with E-state index < -0.39 is 10.0 Å². The topological polar surface area (TPSA) is 117 Å². The fourth-order valence-corrected chi connectivity index (χ4v) is 5.42. The molecular weight excluding hydrogens is 454 g/mol. The van der Waals surface area contributed by atoms with Gasteiger partial charge in [0.1, 0.15) is 0 Å². The van der Waals surface area contributed by atoms with E-state index in [2.05, 4.69) is 14.7 Å². The van der Waals surface area contributed by atoms with E-state index in [0.29, 0.717) is 37.2 Å². The molecule has 0 bridgehead atoms. The summed E-state index contributed by atoms with van der Waals surface area (Å²) in [5.74, 6) is -0.157. The molecule has 0 atom stereocenters. The number of hydrogen-bond donors (Lipinski definition) is 2. The SMILES string of the molecule is O=C(c1ccc(S(=O)(=O)Nc2ccncc2)cc1)N1CCC(n2c(=O)[nH]c3ccccc32)CC1. The zero-order valence-electron chi connectivity index (χ0n) is 18.2. The van der Waals surface area contributed by atoms with E-state index >= 15 is 0 Å². The minimum absolute atomic E-state index is 0.0134. The van der Waals surface area contributed by atoms with Gasteiger partial charge in [-0.3, -0.25) is 19.1 Å². The van der Waals surface area contributed by atoms with Gasteiger partial charge in [0, 0.05) is 37.1 Å². The van der Waals surface area contributed by atoms with Crippen LogP contribution in [0.2, 0.25) is 0 Å². The number of nitrogens with zero attached hydrogens (tertiary/aromatic N) is 3. The Bertz CT molecular complexity index is 1490. The third-order valence-corrected chi connectivity index (χ3v) is 7.48. The first-order valence-corrected chi connectivity index (χ1v) is 12.4. The number of benzene rings is 2. The summed E-state index contributed by atoms with van der Waals surface area (Å²) in [6.45, 7) is 1.03. The predicted molar refractivity (Wildman–Crippen MR) is 128 cm³/mol. The van der Waals surface area contributed by atoms with Crippen LogP contribution in [0.1, 0.15) is 29.2 Å². The van der Waals surface area contributed by atoms with E-state index in [1.807, 2.05) is 24.3 Å². The van der Waals surface area contributed by atoms with E-state index in [1.54, 1.807) is 21.6 Å². The zero-order chi connectivity index (χ0) is 23.7. The summed E-state index contributed by atoms with van der Waals surface area (Å²) in [6, 6.07) is 16.6. The van der Waals surface area contributed by atoms with Gasteiger partial charge in [0.2, 0.25) is 0 Å². The third kappa shape index (κ3) is 4.19. The summed E-state index contributed by atoms with van der Waals surface area (Å²) in [5, 5.41) is 0. The van der Waals surface area contributed by atoms with Crippen molar-refractivity contribution in [1.29, 1.82) is 0 Å². The summed E-state index contributed by atoms with van der Waals surface area (Å²) < 4.78 is 29.5. The second kappa shape index (κ2) is 8.79. The van der Waals surface area contributed by atoms with Gasteiger partial charge in [-0.25, -0.2) is 13.2 Å². The number of piperidine rings is 1. The van der Waals surface area contributed by atoms with Crippen LogP contribution in [0, 0.1) is 0 Å². The molecule has 5 rings (SSSR count). The number of pyridine rings is 1. The number of hydrogen-bond acceptors (Lipinski definition) is 5. The molecule has 0 saturated carbocycles. The van der Waals surface area contributed by atoms with Crippen molar-refractivity contribution in [2.24, 2.45) is 0 Å². The summed E-state index contributed by atoms with van der Waals surface area (Å²) in [7, 11) is -3.77. The number of sulfonamides is 1. The molecule has 2 aromatic heterocycles. The molecule has 1 saturated heterocycles. The summed E-state index contributed by atoms with van der Waals surface area (Å²) in [5.41, 5.74) is 2.37. The molecule has 10 heteroatoms. The van der Waals surface area contributed by atoms with Crippen molar-refractivity contribution >= 4 is 32.7 Å². The largest absolute Gasteiger partial charge is 0.338 e. The Balaban J connectivity index is 1.26. The van der Waals surface area contributed by atoms with E-state index in [1.165, 1.54) is 36.7 Å². The number of para-hydroxylation sites is 2. The minimum atomic E-state index is -3.77. The Kier molecular flexibility index (Phi) is 5.66. The van der Waals surface area contributed by atoms with Crippen LogP contribution in [0.25, 0.3) is 11.0 Å². The molecule has 1 aliphatic heterocycles. The molecule has 34 heavy (non-hydrogen) atoms. The number of amides is 1. The molecular formula is C24H23N5O4S. The van der Waals surface area contributed by atoms with Crippen molar-refractivity contribution in [3.8, 4) is 0 Å². The molecule has 1 fully saturated rings. The van der Waals surface area contributed by atoms with Crippen molar-refractivity contribution < 1.29 is 13.2 Å². The van der Waals surface area contributed by atoms with Crippen LogP contribution < -0.4 is 10.4 Å². The maximum absolute atomic E-state index is 13.0. The standard InChI is InChI=1S/C24H23N5O4S/c30-23(17-5-7-20(8-6-17)34(32,33)27-18-9-13-25-14-10-18)28-15-11-19(12-16-28)29-22-4-2-1-3-21(22)26-24(29)31/h1-10,13-14,19H,11-12,15-16H2,(H,25,27)(H,26,31). The number of rotatable bonds is 5. The lowest BCUT2D eigenvalue weighted by atomic mass is 10.0. The molecule has 1 aliphatic rings. The van der Waals surface area contributed by atoms with Crippen LogP contribution in [0.4, 0.5) is 5.69 Å². The van der Waals surface area contributed by atoms with Crippen LogP contribution >= 0.6 is 0 Å². The highest BCUT2D eigenvalue weighted by molar-refractivity contribution is 7.92. The molecule has 2 N–H and O–H groups in total. The number of nitrogens with one attached hydrogen (secondary N) is 2. The van der Waals surface area contributed by atoms with Crippen molar-refractivity contribution in [3.05, 3.63) is 89.1 Å². The van der Waals surface area contributed by atoms with Gasteiger partial charge in [-0.05, 0) is 61.4 Å². The average Bonchev–Trinajstić information content (AvgIpc) is 3.20. The van der Waals surface area contributed by atoms with Gasteiger partial charge >= 0.3 is 5.69 Å². The Morgan fingerprint density at radius 2 is 1.65 bits per heavy atom. The van der Waals surface area contributed by atoms with E-state index in [9.17, 15) is 18.0 Å². The average molecular weight is 478 g/mol. The Morgan fingerprint density at radius 1 is 0.971 bits per heavy atom. The van der Waals surface area contributed by atoms with Crippen LogP contribution in [0.5, 0.6) is 0 Å². The minimum Gasteiger partial charge on any atom is -0.338 e. The normalized spacial score (nSPS) is 14.9. The lowest BCUT2D eigenvalue weighted by molar-refractivity contribution is 0.0695. The van der Waals surface area contributed by atoms with E-state index in [4.69, 9.17) is 0 Å². The van der Waals surface area contributed by atoms with Gasteiger partial charge in [-0.15, -0.1) is 0 Å². The summed E-state index contributed by atoms with van der Waals surface area (Å²) >= 11 is 0. The maximum atomic E-state index is 13.0. The quantitative estimate of drug-likeness (QED) is 0.458. The Hall–Kier alpha value is -3.92.